The van der Waals surface area contributed by atoms with E-state index in [1.165, 1.54) is 0 Å². The molecule has 1 aliphatic rings. The molecule has 0 spiro atoms. The van der Waals surface area contributed by atoms with Gasteiger partial charge in [0.2, 0.25) is 5.91 Å². The first-order valence-electron chi connectivity index (χ1n) is 7.09. The molecule has 7 heteroatoms. The predicted octanol–water partition coefficient (Wildman–Crippen LogP) is 2.09. The second kappa shape index (κ2) is 6.03. The number of halogens is 1. The molecule has 3 rings (SSSR count). The van der Waals surface area contributed by atoms with E-state index in [0.29, 0.717) is 16.7 Å². The van der Waals surface area contributed by atoms with Gasteiger partial charge in [0.15, 0.2) is 0 Å². The minimum atomic E-state index is -0.259. The van der Waals surface area contributed by atoms with Crippen LogP contribution >= 0.6 is 15.9 Å². The Kier molecular flexibility index (Phi) is 4.12. The zero-order valence-electron chi connectivity index (χ0n) is 11.5. The van der Waals surface area contributed by atoms with E-state index in [1.807, 2.05) is 0 Å². The van der Waals surface area contributed by atoms with Crippen molar-refractivity contribution in [1.82, 2.24) is 15.3 Å². The molecule has 0 aliphatic carbocycles. The summed E-state index contributed by atoms with van der Waals surface area (Å²) in [7, 11) is 0. The number of carbonyl (C=O) groups is 1. The van der Waals surface area contributed by atoms with Gasteiger partial charge in [0.05, 0.1) is 22.8 Å². The Hall–Kier alpha value is -1.60. The lowest BCUT2D eigenvalue weighted by Crippen LogP contribution is -2.39. The van der Waals surface area contributed by atoms with Gasteiger partial charge >= 0.3 is 5.69 Å². The smallest absolute Gasteiger partial charge is 0.323 e. The van der Waals surface area contributed by atoms with E-state index < -0.39 is 0 Å². The van der Waals surface area contributed by atoms with Crippen molar-refractivity contribution in [3.63, 3.8) is 0 Å². The molecule has 2 aromatic rings. The average molecular weight is 353 g/mol. The summed E-state index contributed by atoms with van der Waals surface area (Å²) >= 11 is 3.42. The number of anilines is 1. The van der Waals surface area contributed by atoms with E-state index in [0.717, 1.165) is 36.7 Å². The van der Waals surface area contributed by atoms with Gasteiger partial charge in [0.25, 0.3) is 0 Å². The number of imidazole rings is 1. The van der Waals surface area contributed by atoms with Crippen LogP contribution in [-0.2, 0) is 4.79 Å². The van der Waals surface area contributed by atoms with Gasteiger partial charge in [-0.1, -0.05) is 12.8 Å². The van der Waals surface area contributed by atoms with Crippen LogP contribution in [0.25, 0.3) is 11.0 Å². The molecule has 21 heavy (non-hydrogen) atoms. The summed E-state index contributed by atoms with van der Waals surface area (Å²) in [5.74, 6) is -0.0326. The highest BCUT2D eigenvalue weighted by Gasteiger charge is 2.20. The minimum absolute atomic E-state index is 0.0326. The predicted molar refractivity (Wildman–Crippen MR) is 85.5 cm³/mol. The number of rotatable bonds is 2. The largest absolute Gasteiger partial charge is 0.324 e. The van der Waals surface area contributed by atoms with Gasteiger partial charge in [-0.05, 0) is 47.4 Å². The van der Waals surface area contributed by atoms with Crippen molar-refractivity contribution in [2.24, 2.45) is 0 Å². The highest BCUT2D eigenvalue weighted by Crippen LogP contribution is 2.26. The summed E-state index contributed by atoms with van der Waals surface area (Å²) < 4.78 is 0.743. The Balaban J connectivity index is 1.81. The fourth-order valence-corrected chi connectivity index (χ4v) is 3.07. The van der Waals surface area contributed by atoms with Crippen LogP contribution in [0.4, 0.5) is 5.69 Å². The maximum Gasteiger partial charge on any atom is 0.323 e. The van der Waals surface area contributed by atoms with Crippen molar-refractivity contribution in [3.05, 3.63) is 27.1 Å². The van der Waals surface area contributed by atoms with Crippen molar-refractivity contribution in [2.75, 3.05) is 11.9 Å². The molecule has 4 N–H and O–H groups in total. The Labute approximate surface area is 129 Å². The topological polar surface area (TPSA) is 89.8 Å². The molecule has 1 fully saturated rings. The second-order valence-corrected chi connectivity index (χ2v) is 6.16. The molecule has 6 nitrogen and oxygen atoms in total. The van der Waals surface area contributed by atoms with Crippen molar-refractivity contribution < 1.29 is 4.79 Å². The van der Waals surface area contributed by atoms with Gasteiger partial charge in [-0.25, -0.2) is 4.79 Å². The van der Waals surface area contributed by atoms with E-state index in [9.17, 15) is 9.59 Å². The van der Waals surface area contributed by atoms with E-state index >= 15 is 0 Å². The summed E-state index contributed by atoms with van der Waals surface area (Å²) in [6.45, 7) is 0.878. The number of H-pyrrole nitrogens is 2. The molecule has 1 aromatic carbocycles. The van der Waals surface area contributed by atoms with Gasteiger partial charge in [0.1, 0.15) is 0 Å². The first-order chi connectivity index (χ1) is 10.1. The minimum Gasteiger partial charge on any atom is -0.324 e. The van der Waals surface area contributed by atoms with Crippen LogP contribution in [0.15, 0.2) is 21.4 Å². The van der Waals surface area contributed by atoms with Crippen LogP contribution in [0.5, 0.6) is 0 Å². The third kappa shape index (κ3) is 3.19. The number of nitrogens with one attached hydrogen (secondary N) is 4. The number of benzene rings is 1. The van der Waals surface area contributed by atoms with Gasteiger partial charge in [-0.3, -0.25) is 4.79 Å². The lowest BCUT2D eigenvalue weighted by molar-refractivity contribution is -0.118. The lowest BCUT2D eigenvalue weighted by Gasteiger charge is -2.16. The van der Waals surface area contributed by atoms with Gasteiger partial charge in [-0.2, -0.15) is 0 Å². The Morgan fingerprint density at radius 1 is 1.19 bits per heavy atom. The highest BCUT2D eigenvalue weighted by atomic mass is 79.9. The third-order valence-electron chi connectivity index (χ3n) is 3.74. The van der Waals surface area contributed by atoms with Crippen molar-refractivity contribution >= 4 is 38.6 Å². The lowest BCUT2D eigenvalue weighted by atomic mass is 10.1. The number of hydrogen-bond donors (Lipinski definition) is 4. The molecule has 0 bridgehead atoms. The molecule has 1 atom stereocenters. The van der Waals surface area contributed by atoms with Crippen molar-refractivity contribution in [2.45, 2.75) is 31.7 Å². The normalized spacial score (nSPS) is 19.4. The van der Waals surface area contributed by atoms with E-state index in [2.05, 4.69) is 36.5 Å². The first-order valence-corrected chi connectivity index (χ1v) is 7.88. The monoisotopic (exact) mass is 352 g/mol. The Morgan fingerprint density at radius 2 is 1.95 bits per heavy atom. The number of carbonyl (C=O) groups excluding carboxylic acids is 1. The molecule has 1 saturated heterocycles. The molecule has 1 amide bonds. The van der Waals surface area contributed by atoms with E-state index in [-0.39, 0.29) is 17.6 Å². The van der Waals surface area contributed by atoms with Crippen LogP contribution in [0.2, 0.25) is 0 Å². The zero-order chi connectivity index (χ0) is 14.8. The van der Waals surface area contributed by atoms with Crippen LogP contribution in [0.1, 0.15) is 25.7 Å². The van der Waals surface area contributed by atoms with Gasteiger partial charge < -0.3 is 20.6 Å². The van der Waals surface area contributed by atoms with Crippen molar-refractivity contribution in [1.29, 1.82) is 0 Å². The number of amides is 1. The quantitative estimate of drug-likeness (QED) is 0.667. The number of fused-ring (bicyclic) bond motifs is 1. The summed E-state index contributed by atoms with van der Waals surface area (Å²) in [5, 5.41) is 6.20. The SMILES string of the molecule is O=C(Nc1cc2[nH]c(=O)[nH]c2cc1Br)C1CCCCCN1. The summed E-state index contributed by atoms with van der Waals surface area (Å²) in [6, 6.07) is 3.38. The van der Waals surface area contributed by atoms with Gasteiger partial charge in [-0.15, -0.1) is 0 Å². The number of aromatic amines is 2. The highest BCUT2D eigenvalue weighted by molar-refractivity contribution is 9.10. The van der Waals surface area contributed by atoms with Gasteiger partial charge in [0, 0.05) is 4.47 Å². The van der Waals surface area contributed by atoms with E-state index in [4.69, 9.17) is 0 Å². The molecule has 0 saturated carbocycles. The van der Waals surface area contributed by atoms with Crippen LogP contribution in [-0.4, -0.2) is 28.5 Å². The molecule has 1 aliphatic heterocycles. The zero-order valence-corrected chi connectivity index (χ0v) is 13.0. The Bertz CT molecular complexity index is 713. The maximum absolute atomic E-state index is 12.3. The molecule has 2 heterocycles. The van der Waals surface area contributed by atoms with E-state index in [1.54, 1.807) is 12.1 Å². The molecular weight excluding hydrogens is 336 g/mol. The first kappa shape index (κ1) is 14.3. The standard InChI is InChI=1S/C14H17BrN4O2/c15-8-6-11-12(19-14(21)18-11)7-10(8)17-13(20)9-4-2-1-3-5-16-9/h6-7,9,16H,1-5H2,(H,17,20)(H2,18,19,21). The molecular formula is C14H17BrN4O2. The number of aromatic nitrogens is 2. The number of hydrogen-bond acceptors (Lipinski definition) is 3. The second-order valence-electron chi connectivity index (χ2n) is 5.30. The van der Waals surface area contributed by atoms with Crippen LogP contribution in [0.3, 0.4) is 0 Å². The maximum atomic E-state index is 12.3. The molecule has 1 unspecified atom stereocenters. The third-order valence-corrected chi connectivity index (χ3v) is 4.39. The summed E-state index contributed by atoms with van der Waals surface area (Å²) in [5.41, 5.74) is 1.78. The average Bonchev–Trinajstić information content (AvgIpc) is 2.67. The van der Waals surface area contributed by atoms with Crippen LogP contribution in [0, 0.1) is 0 Å². The fraction of sp³-hybridized carbons (Fsp3) is 0.429. The summed E-state index contributed by atoms with van der Waals surface area (Å²) in [4.78, 5) is 29.0. The summed E-state index contributed by atoms with van der Waals surface area (Å²) in [6.07, 6.45) is 4.20. The molecule has 0 radical (unpaired) electrons. The fourth-order valence-electron chi connectivity index (χ4n) is 2.62. The van der Waals surface area contributed by atoms with Crippen molar-refractivity contribution in [3.8, 4) is 0 Å². The Morgan fingerprint density at radius 3 is 2.76 bits per heavy atom. The molecule has 112 valence electrons. The molecule has 1 aromatic heterocycles. The van der Waals surface area contributed by atoms with Crippen LogP contribution < -0.4 is 16.3 Å².